The molecular weight excluding hydrogens is 234 g/mol. The van der Waals surface area contributed by atoms with Gasteiger partial charge in [-0.15, -0.1) is 0 Å². The molecule has 0 atom stereocenters. The SMILES string of the molecule is Oc1ccc(C=Nc2ccc3ccccc3c2)cc1. The van der Waals surface area contributed by atoms with Crippen LogP contribution in [0.5, 0.6) is 5.75 Å². The van der Waals surface area contributed by atoms with Gasteiger partial charge in [-0.05, 0) is 52.7 Å². The zero-order valence-electron chi connectivity index (χ0n) is 10.3. The Kier molecular flexibility index (Phi) is 2.99. The Morgan fingerprint density at radius 2 is 1.53 bits per heavy atom. The van der Waals surface area contributed by atoms with Crippen molar-refractivity contribution < 1.29 is 5.11 Å². The van der Waals surface area contributed by atoms with Gasteiger partial charge in [0.25, 0.3) is 0 Å². The summed E-state index contributed by atoms with van der Waals surface area (Å²) in [7, 11) is 0. The second-order valence-corrected chi connectivity index (χ2v) is 4.38. The average Bonchev–Trinajstić information content (AvgIpc) is 2.46. The van der Waals surface area contributed by atoms with E-state index in [0.29, 0.717) is 0 Å². The van der Waals surface area contributed by atoms with E-state index in [1.165, 1.54) is 10.8 Å². The fourth-order valence-electron chi connectivity index (χ4n) is 1.97. The molecule has 0 amide bonds. The molecule has 19 heavy (non-hydrogen) atoms. The molecule has 0 bridgehead atoms. The van der Waals surface area contributed by atoms with Gasteiger partial charge in [0, 0.05) is 6.21 Å². The molecule has 2 nitrogen and oxygen atoms in total. The summed E-state index contributed by atoms with van der Waals surface area (Å²) in [6.45, 7) is 0. The highest BCUT2D eigenvalue weighted by molar-refractivity contribution is 5.87. The lowest BCUT2D eigenvalue weighted by molar-refractivity contribution is 0.475. The summed E-state index contributed by atoms with van der Waals surface area (Å²) < 4.78 is 0. The second kappa shape index (κ2) is 4.94. The van der Waals surface area contributed by atoms with Gasteiger partial charge in [-0.3, -0.25) is 4.99 Å². The van der Waals surface area contributed by atoms with Crippen LogP contribution in [-0.2, 0) is 0 Å². The number of aromatic hydroxyl groups is 1. The second-order valence-electron chi connectivity index (χ2n) is 4.38. The lowest BCUT2D eigenvalue weighted by atomic mass is 10.1. The minimum Gasteiger partial charge on any atom is -0.508 e. The molecule has 1 N–H and O–H groups in total. The molecular formula is C17H13NO. The maximum absolute atomic E-state index is 9.22. The third kappa shape index (κ3) is 2.63. The Hall–Kier alpha value is -2.61. The van der Waals surface area contributed by atoms with E-state index < -0.39 is 0 Å². The zero-order chi connectivity index (χ0) is 13.1. The van der Waals surface area contributed by atoms with Crippen molar-refractivity contribution in [1.82, 2.24) is 0 Å². The molecule has 0 heterocycles. The summed E-state index contributed by atoms with van der Waals surface area (Å²) >= 11 is 0. The van der Waals surface area contributed by atoms with Gasteiger partial charge in [0.2, 0.25) is 0 Å². The highest BCUT2D eigenvalue weighted by atomic mass is 16.3. The molecule has 0 aromatic heterocycles. The first-order chi connectivity index (χ1) is 9.31. The molecule has 92 valence electrons. The number of rotatable bonds is 2. The van der Waals surface area contributed by atoms with Gasteiger partial charge in [0.15, 0.2) is 0 Å². The fourth-order valence-corrected chi connectivity index (χ4v) is 1.97. The molecule has 3 rings (SSSR count). The molecule has 0 aliphatic carbocycles. The number of hydrogen-bond donors (Lipinski definition) is 1. The van der Waals surface area contributed by atoms with Gasteiger partial charge in [-0.2, -0.15) is 0 Å². The third-order valence-electron chi connectivity index (χ3n) is 2.99. The van der Waals surface area contributed by atoms with Crippen molar-refractivity contribution in [2.75, 3.05) is 0 Å². The molecule has 3 aromatic carbocycles. The number of fused-ring (bicyclic) bond motifs is 1. The van der Waals surface area contributed by atoms with Crippen LogP contribution in [0.3, 0.4) is 0 Å². The monoisotopic (exact) mass is 247 g/mol. The molecule has 0 aliphatic rings. The summed E-state index contributed by atoms with van der Waals surface area (Å²) in [5.74, 6) is 0.267. The van der Waals surface area contributed by atoms with Crippen LogP contribution >= 0.6 is 0 Å². The minimum atomic E-state index is 0.267. The summed E-state index contributed by atoms with van der Waals surface area (Å²) in [5.41, 5.74) is 1.89. The lowest BCUT2D eigenvalue weighted by Crippen LogP contribution is -1.79. The normalized spacial score (nSPS) is 11.2. The maximum Gasteiger partial charge on any atom is 0.115 e. The minimum absolute atomic E-state index is 0.267. The van der Waals surface area contributed by atoms with Crippen LogP contribution in [-0.4, -0.2) is 11.3 Å². The summed E-state index contributed by atoms with van der Waals surface area (Å²) in [4.78, 5) is 4.45. The number of phenolic OH excluding ortho intramolecular Hbond substituents is 1. The van der Waals surface area contributed by atoms with Crippen molar-refractivity contribution in [3.05, 3.63) is 72.3 Å². The van der Waals surface area contributed by atoms with Crippen molar-refractivity contribution in [1.29, 1.82) is 0 Å². The third-order valence-corrected chi connectivity index (χ3v) is 2.99. The van der Waals surface area contributed by atoms with Crippen molar-refractivity contribution >= 4 is 22.7 Å². The highest BCUT2D eigenvalue weighted by Gasteiger charge is 1.94. The highest BCUT2D eigenvalue weighted by Crippen LogP contribution is 2.21. The first-order valence-electron chi connectivity index (χ1n) is 6.13. The standard InChI is InChI=1S/C17H13NO/c19-17-9-5-13(6-10-17)12-18-16-8-7-14-3-1-2-4-15(14)11-16/h1-12,19H. The van der Waals surface area contributed by atoms with Crippen LogP contribution in [0.15, 0.2) is 71.7 Å². The number of aliphatic imine (C=N–C) groups is 1. The van der Waals surface area contributed by atoms with Gasteiger partial charge in [-0.1, -0.05) is 30.3 Å². The molecule has 0 saturated carbocycles. The van der Waals surface area contributed by atoms with E-state index >= 15 is 0 Å². The van der Waals surface area contributed by atoms with Crippen LogP contribution in [0.25, 0.3) is 10.8 Å². The largest absolute Gasteiger partial charge is 0.508 e. The zero-order valence-corrected chi connectivity index (χ0v) is 10.3. The van der Waals surface area contributed by atoms with Crippen molar-refractivity contribution in [3.8, 4) is 5.75 Å². The van der Waals surface area contributed by atoms with E-state index in [1.807, 2.05) is 30.3 Å². The predicted octanol–water partition coefficient (Wildman–Crippen LogP) is 4.30. The lowest BCUT2D eigenvalue weighted by Gasteiger charge is -1.99. The van der Waals surface area contributed by atoms with E-state index in [-0.39, 0.29) is 5.75 Å². The van der Waals surface area contributed by atoms with Crippen LogP contribution < -0.4 is 0 Å². The smallest absolute Gasteiger partial charge is 0.115 e. The Morgan fingerprint density at radius 1 is 0.789 bits per heavy atom. The fraction of sp³-hybridized carbons (Fsp3) is 0. The van der Waals surface area contributed by atoms with Gasteiger partial charge < -0.3 is 5.11 Å². The summed E-state index contributed by atoms with van der Waals surface area (Å²) in [5, 5.41) is 11.6. The van der Waals surface area contributed by atoms with Crippen molar-refractivity contribution in [3.63, 3.8) is 0 Å². The molecule has 0 unspecified atom stereocenters. The van der Waals surface area contributed by atoms with Crippen LogP contribution in [0, 0.1) is 0 Å². The molecule has 0 saturated heterocycles. The van der Waals surface area contributed by atoms with Crippen LogP contribution in [0.2, 0.25) is 0 Å². The van der Waals surface area contributed by atoms with Crippen LogP contribution in [0.4, 0.5) is 5.69 Å². The molecule has 0 fully saturated rings. The number of hydrogen-bond acceptors (Lipinski definition) is 2. The number of nitrogens with zero attached hydrogens (tertiary/aromatic N) is 1. The molecule has 0 aliphatic heterocycles. The molecule has 0 spiro atoms. The van der Waals surface area contributed by atoms with Crippen LogP contribution in [0.1, 0.15) is 5.56 Å². The van der Waals surface area contributed by atoms with Gasteiger partial charge >= 0.3 is 0 Å². The van der Waals surface area contributed by atoms with Gasteiger partial charge in [0.1, 0.15) is 5.75 Å². The Balaban J connectivity index is 1.90. The summed E-state index contributed by atoms with van der Waals surface area (Å²) in [6.07, 6.45) is 1.80. The van der Waals surface area contributed by atoms with Gasteiger partial charge in [0.05, 0.1) is 5.69 Å². The van der Waals surface area contributed by atoms with Crippen molar-refractivity contribution in [2.45, 2.75) is 0 Å². The Bertz CT molecular complexity index is 730. The van der Waals surface area contributed by atoms with E-state index in [4.69, 9.17) is 0 Å². The quantitative estimate of drug-likeness (QED) is 0.673. The molecule has 3 aromatic rings. The van der Waals surface area contributed by atoms with E-state index in [0.717, 1.165) is 11.3 Å². The average molecular weight is 247 g/mol. The molecule has 0 radical (unpaired) electrons. The predicted molar refractivity (Wildman–Crippen MR) is 79.3 cm³/mol. The van der Waals surface area contributed by atoms with Gasteiger partial charge in [-0.25, -0.2) is 0 Å². The first-order valence-corrected chi connectivity index (χ1v) is 6.13. The maximum atomic E-state index is 9.22. The number of benzene rings is 3. The van der Waals surface area contributed by atoms with E-state index in [9.17, 15) is 5.11 Å². The topological polar surface area (TPSA) is 32.6 Å². The Labute approximate surface area is 111 Å². The molecule has 2 heteroatoms. The summed E-state index contributed by atoms with van der Waals surface area (Å²) in [6, 6.07) is 21.3. The first kappa shape index (κ1) is 11.5. The number of phenols is 1. The van der Waals surface area contributed by atoms with Crippen molar-refractivity contribution in [2.24, 2.45) is 4.99 Å². The van der Waals surface area contributed by atoms with E-state index in [2.05, 4.69) is 29.3 Å². The van der Waals surface area contributed by atoms with E-state index in [1.54, 1.807) is 18.3 Å². The Morgan fingerprint density at radius 3 is 2.32 bits per heavy atom.